The van der Waals surface area contributed by atoms with Crippen LogP contribution in [0.3, 0.4) is 0 Å². The van der Waals surface area contributed by atoms with Crippen molar-refractivity contribution in [3.05, 3.63) is 0 Å². The van der Waals surface area contributed by atoms with Crippen LogP contribution in [-0.2, 0) is 10.2 Å². The third-order valence-electron chi connectivity index (χ3n) is 2.19. The first-order valence-electron chi connectivity index (χ1n) is 5.19. The van der Waals surface area contributed by atoms with Gasteiger partial charge < -0.3 is 5.11 Å². The first-order valence-corrected chi connectivity index (χ1v) is 6.63. The fraction of sp³-hybridized carbons (Fsp3) is 1.00. The summed E-state index contributed by atoms with van der Waals surface area (Å²) in [6, 6.07) is 0. The van der Waals surface area contributed by atoms with Gasteiger partial charge in [-0.2, -0.15) is 17.4 Å². The van der Waals surface area contributed by atoms with Gasteiger partial charge in [-0.15, -0.1) is 0 Å². The third-order valence-corrected chi connectivity index (χ3v) is 4.19. The number of nitrogens with zero attached hydrogens (tertiary/aromatic N) is 1. The van der Waals surface area contributed by atoms with E-state index in [9.17, 15) is 8.42 Å². The summed E-state index contributed by atoms with van der Waals surface area (Å²) in [4.78, 5) is 0. The molecule has 0 saturated heterocycles. The monoisotopic (exact) mass is 238 g/mol. The Morgan fingerprint density at radius 2 is 1.73 bits per heavy atom. The van der Waals surface area contributed by atoms with Crippen molar-refractivity contribution in [3.8, 4) is 0 Å². The van der Waals surface area contributed by atoms with Gasteiger partial charge in [0.25, 0.3) is 10.2 Å². The molecule has 92 valence electrons. The molecular weight excluding hydrogens is 216 g/mol. The van der Waals surface area contributed by atoms with Gasteiger partial charge in [0.2, 0.25) is 0 Å². The molecule has 0 aromatic carbocycles. The van der Waals surface area contributed by atoms with Gasteiger partial charge in [-0.1, -0.05) is 13.8 Å². The molecule has 0 fully saturated rings. The lowest BCUT2D eigenvalue weighted by atomic mass is 10.0. The minimum atomic E-state index is -3.43. The van der Waals surface area contributed by atoms with Crippen molar-refractivity contribution in [3.63, 3.8) is 0 Å². The van der Waals surface area contributed by atoms with Gasteiger partial charge >= 0.3 is 0 Å². The number of nitrogens with one attached hydrogen (secondary N) is 1. The molecule has 0 amide bonds. The molecular formula is C9H22N2O3S. The highest BCUT2D eigenvalue weighted by Crippen LogP contribution is 2.11. The Morgan fingerprint density at radius 3 is 2.07 bits per heavy atom. The van der Waals surface area contributed by atoms with E-state index in [0.717, 1.165) is 0 Å². The van der Waals surface area contributed by atoms with Crippen molar-refractivity contribution in [2.75, 3.05) is 19.7 Å². The molecule has 0 bridgehead atoms. The third kappa shape index (κ3) is 4.92. The van der Waals surface area contributed by atoms with Gasteiger partial charge in [0, 0.05) is 25.2 Å². The van der Waals surface area contributed by atoms with E-state index in [1.54, 1.807) is 27.7 Å². The van der Waals surface area contributed by atoms with Crippen molar-refractivity contribution in [1.29, 1.82) is 0 Å². The fourth-order valence-corrected chi connectivity index (χ4v) is 2.92. The van der Waals surface area contributed by atoms with E-state index in [1.165, 1.54) is 4.31 Å². The number of aliphatic hydroxyl groups excluding tert-OH is 1. The van der Waals surface area contributed by atoms with Gasteiger partial charge in [-0.25, -0.2) is 0 Å². The van der Waals surface area contributed by atoms with Crippen LogP contribution in [0.1, 0.15) is 34.1 Å². The van der Waals surface area contributed by atoms with Crippen LogP contribution in [0, 0.1) is 0 Å². The quantitative estimate of drug-likeness (QED) is 0.671. The maximum atomic E-state index is 11.8. The van der Waals surface area contributed by atoms with E-state index >= 15 is 0 Å². The molecule has 0 saturated carbocycles. The molecule has 0 unspecified atom stereocenters. The fourth-order valence-electron chi connectivity index (χ4n) is 1.31. The van der Waals surface area contributed by atoms with E-state index < -0.39 is 15.7 Å². The number of hydrogen-bond donors (Lipinski definition) is 2. The van der Waals surface area contributed by atoms with Gasteiger partial charge in [0.15, 0.2) is 0 Å². The largest absolute Gasteiger partial charge is 0.396 e. The molecule has 0 aliphatic rings. The SMILES string of the molecule is CCN(CC)S(=O)(=O)NC(C)(C)CCO. The van der Waals surface area contributed by atoms with Gasteiger partial charge in [-0.3, -0.25) is 0 Å². The molecule has 0 aromatic rings. The Bertz CT molecular complexity index is 271. The molecule has 0 spiro atoms. The van der Waals surface area contributed by atoms with Crippen LogP contribution in [0.2, 0.25) is 0 Å². The number of rotatable bonds is 7. The van der Waals surface area contributed by atoms with Crippen molar-refractivity contribution in [1.82, 2.24) is 9.03 Å². The van der Waals surface area contributed by atoms with E-state index in [4.69, 9.17) is 5.11 Å². The van der Waals surface area contributed by atoms with Crippen molar-refractivity contribution in [2.45, 2.75) is 39.7 Å². The molecule has 0 heterocycles. The summed E-state index contributed by atoms with van der Waals surface area (Å²) in [6.07, 6.45) is 0.396. The second-order valence-corrected chi connectivity index (χ2v) is 5.72. The van der Waals surface area contributed by atoms with E-state index in [-0.39, 0.29) is 6.61 Å². The molecule has 0 aliphatic heterocycles. The molecule has 6 heteroatoms. The maximum Gasteiger partial charge on any atom is 0.279 e. The zero-order valence-corrected chi connectivity index (χ0v) is 10.8. The summed E-state index contributed by atoms with van der Waals surface area (Å²) in [7, 11) is -3.43. The zero-order chi connectivity index (χ0) is 12.1. The van der Waals surface area contributed by atoms with Gasteiger partial charge in [0.05, 0.1) is 0 Å². The van der Waals surface area contributed by atoms with Crippen molar-refractivity contribution in [2.24, 2.45) is 0 Å². The number of aliphatic hydroxyl groups is 1. The first kappa shape index (κ1) is 14.8. The minimum absolute atomic E-state index is 0.0340. The average molecular weight is 238 g/mol. The summed E-state index contributed by atoms with van der Waals surface area (Å²) < 4.78 is 27.6. The lowest BCUT2D eigenvalue weighted by Crippen LogP contribution is -2.50. The highest BCUT2D eigenvalue weighted by atomic mass is 32.2. The Morgan fingerprint density at radius 1 is 1.27 bits per heavy atom. The highest BCUT2D eigenvalue weighted by Gasteiger charge is 2.27. The summed E-state index contributed by atoms with van der Waals surface area (Å²) in [6.45, 7) is 7.95. The predicted octanol–water partition coefficient (Wildman–Crippen LogP) is 0.324. The lowest BCUT2D eigenvalue weighted by Gasteiger charge is -2.29. The molecule has 15 heavy (non-hydrogen) atoms. The standard InChI is InChI=1S/C9H22N2O3S/c1-5-11(6-2)15(13,14)10-9(3,4)7-8-12/h10,12H,5-8H2,1-4H3. The Hall–Kier alpha value is -0.170. The van der Waals surface area contributed by atoms with E-state index in [2.05, 4.69) is 4.72 Å². The topological polar surface area (TPSA) is 69.6 Å². The van der Waals surface area contributed by atoms with Gasteiger partial charge in [-0.05, 0) is 20.3 Å². The van der Waals surface area contributed by atoms with Crippen molar-refractivity contribution < 1.29 is 13.5 Å². The Balaban J connectivity index is 4.63. The molecule has 0 radical (unpaired) electrons. The number of hydrogen-bond acceptors (Lipinski definition) is 3. The second kappa shape index (κ2) is 5.79. The summed E-state index contributed by atoms with van der Waals surface area (Å²) in [5, 5.41) is 8.80. The first-order chi connectivity index (χ1) is 6.79. The maximum absolute atomic E-state index is 11.8. The van der Waals surface area contributed by atoms with Gasteiger partial charge in [0.1, 0.15) is 0 Å². The van der Waals surface area contributed by atoms with E-state index in [0.29, 0.717) is 19.5 Å². The van der Waals surface area contributed by atoms with Crippen LogP contribution in [0.15, 0.2) is 0 Å². The van der Waals surface area contributed by atoms with E-state index in [1.807, 2.05) is 0 Å². The molecule has 0 atom stereocenters. The summed E-state index contributed by atoms with van der Waals surface area (Å²) >= 11 is 0. The zero-order valence-electron chi connectivity index (χ0n) is 9.95. The van der Waals surface area contributed by atoms with Crippen LogP contribution in [0.4, 0.5) is 0 Å². The second-order valence-electron chi connectivity index (χ2n) is 4.05. The molecule has 0 rings (SSSR count). The minimum Gasteiger partial charge on any atom is -0.396 e. The predicted molar refractivity (Wildman–Crippen MR) is 60.8 cm³/mol. The van der Waals surface area contributed by atoms with Crippen LogP contribution >= 0.6 is 0 Å². The summed E-state index contributed by atoms with van der Waals surface area (Å²) in [5.41, 5.74) is -0.615. The molecule has 5 nitrogen and oxygen atoms in total. The lowest BCUT2D eigenvalue weighted by molar-refractivity contribution is 0.243. The Labute approximate surface area is 92.7 Å². The molecule has 0 aromatic heterocycles. The Kier molecular flexibility index (Phi) is 5.72. The van der Waals surface area contributed by atoms with Crippen LogP contribution in [0.25, 0.3) is 0 Å². The van der Waals surface area contributed by atoms with Crippen molar-refractivity contribution >= 4 is 10.2 Å². The average Bonchev–Trinajstić information content (AvgIpc) is 2.02. The highest BCUT2D eigenvalue weighted by molar-refractivity contribution is 7.87. The van der Waals surface area contributed by atoms with Crippen LogP contribution < -0.4 is 4.72 Å². The normalized spacial score (nSPS) is 13.5. The molecule has 2 N–H and O–H groups in total. The van der Waals surface area contributed by atoms with Crippen LogP contribution in [0.5, 0.6) is 0 Å². The van der Waals surface area contributed by atoms with Crippen LogP contribution in [-0.4, -0.2) is 43.1 Å². The molecule has 0 aliphatic carbocycles. The smallest absolute Gasteiger partial charge is 0.279 e. The summed E-state index contributed by atoms with van der Waals surface area (Å²) in [5.74, 6) is 0.